The summed E-state index contributed by atoms with van der Waals surface area (Å²) in [5, 5.41) is 5.33. The largest absolute Gasteiger partial charge is 0.375 e. The van der Waals surface area contributed by atoms with Gasteiger partial charge < -0.3 is 15.0 Å². The van der Waals surface area contributed by atoms with Crippen LogP contribution in [0.1, 0.15) is 13.3 Å². The topological polar surface area (TPSA) is 87.7 Å². The fourth-order valence-electron chi connectivity index (χ4n) is 2.08. The zero-order chi connectivity index (χ0) is 13.1. The molecule has 7 heteroatoms. The second-order valence-corrected chi connectivity index (χ2v) is 4.51. The van der Waals surface area contributed by atoms with Crippen LogP contribution in [0.25, 0.3) is 0 Å². The number of nitrogens with zero attached hydrogens (tertiary/aromatic N) is 1. The van der Waals surface area contributed by atoms with E-state index in [1.807, 2.05) is 0 Å². The van der Waals surface area contributed by atoms with Crippen LogP contribution in [0.5, 0.6) is 0 Å². The second-order valence-electron chi connectivity index (χ2n) is 4.51. The number of hydrogen-bond donors (Lipinski definition) is 2. The molecule has 2 saturated heterocycles. The Morgan fingerprint density at radius 3 is 2.94 bits per heavy atom. The van der Waals surface area contributed by atoms with Gasteiger partial charge >= 0.3 is 0 Å². The van der Waals surface area contributed by atoms with Gasteiger partial charge in [-0.2, -0.15) is 0 Å². The lowest BCUT2D eigenvalue weighted by molar-refractivity contribution is -0.151. The van der Waals surface area contributed by atoms with Gasteiger partial charge in [0.15, 0.2) is 0 Å². The lowest BCUT2D eigenvalue weighted by Crippen LogP contribution is -2.59. The molecule has 2 N–H and O–H groups in total. The Hall–Kier alpha value is -1.47. The third kappa shape index (κ3) is 2.85. The maximum absolute atomic E-state index is 12.1. The van der Waals surface area contributed by atoms with Crippen molar-refractivity contribution in [3.05, 3.63) is 0 Å². The van der Waals surface area contributed by atoms with E-state index in [-0.39, 0.29) is 25.0 Å². The van der Waals surface area contributed by atoms with Gasteiger partial charge in [-0.15, -0.1) is 0 Å². The molecule has 0 aliphatic carbocycles. The summed E-state index contributed by atoms with van der Waals surface area (Å²) in [5.74, 6) is -1.09. The third-order valence-electron chi connectivity index (χ3n) is 3.15. The van der Waals surface area contributed by atoms with Crippen molar-refractivity contribution >= 4 is 17.7 Å². The number of piperazine rings is 1. The van der Waals surface area contributed by atoms with E-state index >= 15 is 0 Å². The van der Waals surface area contributed by atoms with Gasteiger partial charge in [0, 0.05) is 13.1 Å². The van der Waals surface area contributed by atoms with Gasteiger partial charge in [-0.25, -0.2) is 0 Å². The SMILES string of the molecule is CC1C(=O)NC(=O)CN1C(=O)CC1CNCCO1. The van der Waals surface area contributed by atoms with Crippen molar-refractivity contribution in [1.82, 2.24) is 15.5 Å². The Morgan fingerprint density at radius 2 is 2.28 bits per heavy atom. The van der Waals surface area contributed by atoms with E-state index < -0.39 is 17.9 Å². The number of nitrogens with one attached hydrogen (secondary N) is 2. The van der Waals surface area contributed by atoms with Gasteiger partial charge in [0.2, 0.25) is 17.7 Å². The molecule has 100 valence electrons. The first-order valence-corrected chi connectivity index (χ1v) is 6.03. The Kier molecular flexibility index (Phi) is 3.93. The number of ether oxygens (including phenoxy) is 1. The summed E-state index contributed by atoms with van der Waals surface area (Å²) in [4.78, 5) is 36.1. The predicted molar refractivity (Wildman–Crippen MR) is 61.6 cm³/mol. The Labute approximate surface area is 105 Å². The molecule has 7 nitrogen and oxygen atoms in total. The lowest BCUT2D eigenvalue weighted by atomic mass is 10.1. The molecule has 2 aliphatic rings. The standard InChI is InChI=1S/C11H17N3O4/c1-7-11(17)13-9(15)6-14(7)10(16)4-8-5-12-2-3-18-8/h7-8,12H,2-6H2,1H3,(H,13,15,17). The van der Waals surface area contributed by atoms with Crippen LogP contribution in [0, 0.1) is 0 Å². The van der Waals surface area contributed by atoms with Crippen molar-refractivity contribution in [2.75, 3.05) is 26.2 Å². The summed E-state index contributed by atoms with van der Waals surface area (Å²) >= 11 is 0. The molecule has 0 aromatic rings. The van der Waals surface area contributed by atoms with Crippen molar-refractivity contribution in [2.45, 2.75) is 25.5 Å². The first-order valence-electron chi connectivity index (χ1n) is 6.03. The minimum atomic E-state index is -0.605. The predicted octanol–water partition coefficient (Wildman–Crippen LogP) is -1.76. The zero-order valence-corrected chi connectivity index (χ0v) is 10.3. The number of rotatable bonds is 2. The monoisotopic (exact) mass is 255 g/mol. The highest BCUT2D eigenvalue weighted by atomic mass is 16.5. The molecule has 0 aromatic heterocycles. The first kappa shape index (κ1) is 13.0. The quantitative estimate of drug-likeness (QED) is 0.571. The van der Waals surface area contributed by atoms with E-state index in [1.165, 1.54) is 4.90 Å². The summed E-state index contributed by atoms with van der Waals surface area (Å²) in [5.41, 5.74) is 0. The molecular weight excluding hydrogens is 238 g/mol. The average molecular weight is 255 g/mol. The van der Waals surface area contributed by atoms with E-state index in [4.69, 9.17) is 4.74 Å². The summed E-state index contributed by atoms with van der Waals surface area (Å²) in [6, 6.07) is -0.605. The number of hydrogen-bond acceptors (Lipinski definition) is 5. The molecule has 2 unspecified atom stereocenters. The highest BCUT2D eigenvalue weighted by Crippen LogP contribution is 2.10. The molecule has 0 radical (unpaired) electrons. The van der Waals surface area contributed by atoms with Gasteiger partial charge in [0.1, 0.15) is 12.6 Å². The van der Waals surface area contributed by atoms with Crippen molar-refractivity contribution < 1.29 is 19.1 Å². The molecule has 0 saturated carbocycles. The van der Waals surface area contributed by atoms with E-state index in [1.54, 1.807) is 6.92 Å². The van der Waals surface area contributed by atoms with Gasteiger partial charge in [-0.05, 0) is 6.92 Å². The molecule has 3 amide bonds. The van der Waals surface area contributed by atoms with E-state index in [2.05, 4.69) is 10.6 Å². The van der Waals surface area contributed by atoms with Crippen LogP contribution in [0.4, 0.5) is 0 Å². The summed E-state index contributed by atoms with van der Waals surface area (Å²) < 4.78 is 5.43. The Bertz CT molecular complexity index is 365. The van der Waals surface area contributed by atoms with Crippen LogP contribution >= 0.6 is 0 Å². The molecular formula is C11H17N3O4. The summed E-state index contributed by atoms with van der Waals surface area (Å²) in [6.07, 6.45) is 0.0105. The van der Waals surface area contributed by atoms with E-state index in [0.717, 1.165) is 6.54 Å². The number of carbonyl (C=O) groups is 3. The first-order chi connectivity index (χ1) is 8.58. The molecule has 2 fully saturated rings. The van der Waals surface area contributed by atoms with Crippen LogP contribution < -0.4 is 10.6 Å². The van der Waals surface area contributed by atoms with Crippen molar-refractivity contribution in [3.63, 3.8) is 0 Å². The second kappa shape index (κ2) is 5.45. The van der Waals surface area contributed by atoms with Crippen LogP contribution in [-0.2, 0) is 19.1 Å². The molecule has 0 aromatic carbocycles. The molecule has 0 bridgehead atoms. The van der Waals surface area contributed by atoms with E-state index in [9.17, 15) is 14.4 Å². The summed E-state index contributed by atoms with van der Waals surface area (Å²) in [7, 11) is 0. The van der Waals surface area contributed by atoms with Gasteiger partial charge in [0.05, 0.1) is 19.1 Å². The summed E-state index contributed by atoms with van der Waals surface area (Å²) in [6.45, 7) is 3.53. The fourth-order valence-corrected chi connectivity index (χ4v) is 2.08. The molecule has 2 heterocycles. The van der Waals surface area contributed by atoms with Crippen LogP contribution in [0.3, 0.4) is 0 Å². The van der Waals surface area contributed by atoms with Crippen molar-refractivity contribution in [2.24, 2.45) is 0 Å². The minimum absolute atomic E-state index is 0.0636. The molecule has 2 rings (SSSR count). The average Bonchev–Trinajstić information content (AvgIpc) is 2.35. The molecule has 0 spiro atoms. The third-order valence-corrected chi connectivity index (χ3v) is 3.15. The maximum Gasteiger partial charge on any atom is 0.249 e. The molecule has 2 atom stereocenters. The Morgan fingerprint density at radius 1 is 1.50 bits per heavy atom. The highest BCUT2D eigenvalue weighted by molar-refractivity contribution is 6.04. The molecule has 18 heavy (non-hydrogen) atoms. The van der Waals surface area contributed by atoms with Gasteiger partial charge in [-0.1, -0.05) is 0 Å². The number of amides is 3. The normalized spacial score (nSPS) is 29.1. The van der Waals surface area contributed by atoms with E-state index in [0.29, 0.717) is 13.2 Å². The van der Waals surface area contributed by atoms with Crippen molar-refractivity contribution in [1.29, 1.82) is 0 Å². The number of imide groups is 1. The Balaban J connectivity index is 1.94. The number of carbonyl (C=O) groups excluding carboxylic acids is 3. The highest BCUT2D eigenvalue weighted by Gasteiger charge is 2.34. The lowest BCUT2D eigenvalue weighted by Gasteiger charge is -2.33. The van der Waals surface area contributed by atoms with Crippen molar-refractivity contribution in [3.8, 4) is 0 Å². The minimum Gasteiger partial charge on any atom is -0.375 e. The maximum atomic E-state index is 12.1. The zero-order valence-electron chi connectivity index (χ0n) is 10.3. The fraction of sp³-hybridized carbons (Fsp3) is 0.727. The number of morpholine rings is 1. The van der Waals surface area contributed by atoms with Crippen LogP contribution in [-0.4, -0.2) is 61.0 Å². The molecule has 2 aliphatic heterocycles. The van der Waals surface area contributed by atoms with Gasteiger partial charge in [-0.3, -0.25) is 19.7 Å². The van der Waals surface area contributed by atoms with Crippen LogP contribution in [0.15, 0.2) is 0 Å². The smallest absolute Gasteiger partial charge is 0.249 e. The van der Waals surface area contributed by atoms with Gasteiger partial charge in [0.25, 0.3) is 0 Å². The van der Waals surface area contributed by atoms with Crippen LogP contribution in [0.2, 0.25) is 0 Å².